The first-order valence-electron chi connectivity index (χ1n) is 8.64. The van der Waals surface area contributed by atoms with E-state index in [1.54, 1.807) is 18.4 Å². The number of rotatable bonds is 5. The summed E-state index contributed by atoms with van der Waals surface area (Å²) in [6.07, 6.45) is 0.753. The van der Waals surface area contributed by atoms with Crippen LogP contribution < -0.4 is 5.62 Å². The van der Waals surface area contributed by atoms with Gasteiger partial charge in [0.2, 0.25) is 5.62 Å². The predicted octanol–water partition coefficient (Wildman–Crippen LogP) is 3.61. The standard InChI is InChI=1S/C21H21N3O2/c1-15-7-2-3-8-16(15)13-23-17-9-4-5-10-18(17)24(21(23)22)14-19(25)20-11-6-12-26-20/h2-12,19,22,25H,13-14H2,1H3/t19-/m1/s1. The van der Waals surface area contributed by atoms with Crippen molar-refractivity contribution in [2.45, 2.75) is 26.1 Å². The Kier molecular flexibility index (Phi) is 4.22. The third-order valence-corrected chi connectivity index (χ3v) is 4.79. The molecular formula is C21H21N3O2. The lowest BCUT2D eigenvalue weighted by atomic mass is 10.1. The summed E-state index contributed by atoms with van der Waals surface area (Å²) in [5, 5.41) is 19.2. The summed E-state index contributed by atoms with van der Waals surface area (Å²) < 4.78 is 9.12. The molecule has 0 amide bonds. The van der Waals surface area contributed by atoms with Gasteiger partial charge in [0.05, 0.1) is 30.4 Å². The Bertz CT molecular complexity index is 1090. The topological polar surface area (TPSA) is 67.1 Å². The monoisotopic (exact) mass is 347 g/mol. The van der Waals surface area contributed by atoms with Gasteiger partial charge in [-0.3, -0.25) is 5.41 Å². The summed E-state index contributed by atoms with van der Waals surface area (Å²) in [6.45, 7) is 2.98. The number of imidazole rings is 1. The molecule has 1 atom stereocenters. The molecule has 2 aromatic carbocycles. The van der Waals surface area contributed by atoms with Crippen LogP contribution in [0.1, 0.15) is 23.0 Å². The van der Waals surface area contributed by atoms with E-state index in [1.165, 1.54) is 11.1 Å². The van der Waals surface area contributed by atoms with Gasteiger partial charge in [-0.15, -0.1) is 0 Å². The molecule has 5 heteroatoms. The van der Waals surface area contributed by atoms with Gasteiger partial charge in [-0.25, -0.2) is 0 Å². The summed E-state index contributed by atoms with van der Waals surface area (Å²) in [7, 11) is 0. The molecule has 4 rings (SSSR count). The molecular weight excluding hydrogens is 326 g/mol. The number of aromatic nitrogens is 2. The molecule has 0 saturated heterocycles. The molecule has 0 aliphatic carbocycles. The van der Waals surface area contributed by atoms with Crippen LogP contribution in [-0.2, 0) is 13.1 Å². The van der Waals surface area contributed by atoms with Crippen molar-refractivity contribution in [2.75, 3.05) is 0 Å². The third-order valence-electron chi connectivity index (χ3n) is 4.79. The Morgan fingerprint density at radius 3 is 2.35 bits per heavy atom. The number of hydrogen-bond acceptors (Lipinski definition) is 3. The molecule has 2 aromatic heterocycles. The van der Waals surface area contributed by atoms with E-state index in [1.807, 2.05) is 45.5 Å². The van der Waals surface area contributed by atoms with Gasteiger partial charge in [0, 0.05) is 0 Å². The first-order valence-corrected chi connectivity index (χ1v) is 8.64. The Morgan fingerprint density at radius 2 is 1.65 bits per heavy atom. The van der Waals surface area contributed by atoms with E-state index in [9.17, 15) is 5.11 Å². The number of aliphatic hydroxyl groups excluding tert-OH is 1. The van der Waals surface area contributed by atoms with Gasteiger partial charge in [-0.05, 0) is 42.3 Å². The molecule has 0 bridgehead atoms. The second kappa shape index (κ2) is 6.69. The van der Waals surface area contributed by atoms with Gasteiger partial charge in [0.1, 0.15) is 11.9 Å². The Labute approximate surface area is 151 Å². The lowest BCUT2D eigenvalue weighted by molar-refractivity contribution is 0.130. The molecule has 0 spiro atoms. The highest BCUT2D eigenvalue weighted by atomic mass is 16.4. The maximum Gasteiger partial charge on any atom is 0.203 e. The zero-order valence-corrected chi connectivity index (χ0v) is 14.6. The normalized spacial score (nSPS) is 12.5. The summed E-state index contributed by atoms with van der Waals surface area (Å²) in [5.41, 5.74) is 4.65. The van der Waals surface area contributed by atoms with Crippen molar-refractivity contribution in [1.82, 2.24) is 9.13 Å². The van der Waals surface area contributed by atoms with Crippen molar-refractivity contribution in [1.29, 1.82) is 5.41 Å². The Morgan fingerprint density at radius 1 is 0.962 bits per heavy atom. The minimum Gasteiger partial charge on any atom is -0.467 e. The van der Waals surface area contributed by atoms with Crippen LogP contribution in [0, 0.1) is 12.3 Å². The molecule has 0 saturated carbocycles. The first-order chi connectivity index (χ1) is 12.6. The fraction of sp³-hybridized carbons (Fsp3) is 0.190. The number of aryl methyl sites for hydroxylation is 1. The van der Waals surface area contributed by atoms with Gasteiger partial charge in [0.15, 0.2) is 0 Å². The van der Waals surface area contributed by atoms with Gasteiger partial charge >= 0.3 is 0 Å². The van der Waals surface area contributed by atoms with Crippen molar-refractivity contribution >= 4 is 11.0 Å². The molecule has 132 valence electrons. The fourth-order valence-electron chi connectivity index (χ4n) is 3.34. The van der Waals surface area contributed by atoms with E-state index in [0.717, 1.165) is 11.0 Å². The predicted molar refractivity (Wildman–Crippen MR) is 99.7 cm³/mol. The second-order valence-corrected chi connectivity index (χ2v) is 6.47. The number of benzene rings is 2. The zero-order chi connectivity index (χ0) is 18.1. The van der Waals surface area contributed by atoms with Crippen LogP contribution >= 0.6 is 0 Å². The number of furan rings is 1. The van der Waals surface area contributed by atoms with Crippen LogP contribution in [0.15, 0.2) is 71.3 Å². The maximum absolute atomic E-state index is 10.5. The Balaban J connectivity index is 1.78. The molecule has 0 fully saturated rings. The molecule has 0 unspecified atom stereocenters. The van der Waals surface area contributed by atoms with Crippen molar-refractivity contribution in [3.05, 3.63) is 89.4 Å². The number of nitrogens with zero attached hydrogens (tertiary/aromatic N) is 2. The molecule has 26 heavy (non-hydrogen) atoms. The van der Waals surface area contributed by atoms with E-state index < -0.39 is 6.10 Å². The van der Waals surface area contributed by atoms with Crippen LogP contribution in [-0.4, -0.2) is 14.2 Å². The molecule has 0 aliphatic heterocycles. The number of aliphatic hydroxyl groups is 1. The quantitative estimate of drug-likeness (QED) is 0.579. The van der Waals surface area contributed by atoms with Gasteiger partial charge in [-0.2, -0.15) is 0 Å². The van der Waals surface area contributed by atoms with E-state index in [0.29, 0.717) is 17.9 Å². The van der Waals surface area contributed by atoms with Crippen molar-refractivity contribution in [2.24, 2.45) is 0 Å². The highest BCUT2D eigenvalue weighted by Gasteiger charge is 2.17. The van der Waals surface area contributed by atoms with Crippen molar-refractivity contribution in [3.63, 3.8) is 0 Å². The van der Waals surface area contributed by atoms with Crippen LogP contribution in [0.25, 0.3) is 11.0 Å². The molecule has 2 heterocycles. The van der Waals surface area contributed by atoms with Crippen LogP contribution in [0.5, 0.6) is 0 Å². The average Bonchev–Trinajstić information content (AvgIpc) is 3.27. The second-order valence-electron chi connectivity index (χ2n) is 6.47. The van der Waals surface area contributed by atoms with Crippen LogP contribution in [0.2, 0.25) is 0 Å². The minimum atomic E-state index is -0.795. The average molecular weight is 347 g/mol. The number of fused-ring (bicyclic) bond motifs is 1. The van der Waals surface area contributed by atoms with Crippen LogP contribution in [0.3, 0.4) is 0 Å². The van der Waals surface area contributed by atoms with Crippen LogP contribution in [0.4, 0.5) is 0 Å². The lowest BCUT2D eigenvalue weighted by Crippen LogP contribution is -2.27. The van der Waals surface area contributed by atoms with Gasteiger partial charge < -0.3 is 18.7 Å². The summed E-state index contributed by atoms with van der Waals surface area (Å²) in [4.78, 5) is 0. The molecule has 2 N–H and O–H groups in total. The van der Waals surface area contributed by atoms with E-state index >= 15 is 0 Å². The minimum absolute atomic E-state index is 0.271. The maximum atomic E-state index is 10.5. The van der Waals surface area contributed by atoms with Gasteiger partial charge in [0.25, 0.3) is 0 Å². The summed E-state index contributed by atoms with van der Waals surface area (Å²) >= 11 is 0. The van der Waals surface area contributed by atoms with Gasteiger partial charge in [-0.1, -0.05) is 36.4 Å². The SMILES string of the molecule is Cc1ccccc1Cn1c(=N)n(C[C@@H](O)c2ccco2)c2ccccc21. The number of nitrogens with one attached hydrogen (secondary N) is 1. The van der Waals surface area contributed by atoms with E-state index in [2.05, 4.69) is 19.1 Å². The summed E-state index contributed by atoms with van der Waals surface area (Å²) in [5.74, 6) is 0.507. The highest BCUT2D eigenvalue weighted by molar-refractivity contribution is 5.76. The molecule has 5 nitrogen and oxygen atoms in total. The fourth-order valence-corrected chi connectivity index (χ4v) is 3.34. The van der Waals surface area contributed by atoms with Crippen molar-refractivity contribution in [3.8, 4) is 0 Å². The zero-order valence-electron chi connectivity index (χ0n) is 14.6. The highest BCUT2D eigenvalue weighted by Crippen LogP contribution is 2.20. The first kappa shape index (κ1) is 16.4. The summed E-state index contributed by atoms with van der Waals surface area (Å²) in [6, 6.07) is 19.6. The lowest BCUT2D eigenvalue weighted by Gasteiger charge is -2.10. The molecule has 4 aromatic rings. The third kappa shape index (κ3) is 2.86. The smallest absolute Gasteiger partial charge is 0.203 e. The van der Waals surface area contributed by atoms with E-state index in [-0.39, 0.29) is 6.54 Å². The molecule has 0 radical (unpaired) electrons. The number of hydrogen-bond donors (Lipinski definition) is 2. The van der Waals surface area contributed by atoms with Crippen molar-refractivity contribution < 1.29 is 9.52 Å². The largest absolute Gasteiger partial charge is 0.467 e. The molecule has 0 aliphatic rings. The van der Waals surface area contributed by atoms with E-state index in [4.69, 9.17) is 9.83 Å². The number of para-hydroxylation sites is 2. The Hall–Kier alpha value is -3.05.